The number of carbonyl (C=O) groups is 2. The third kappa shape index (κ3) is 4.10. The smallest absolute Gasteiger partial charge is 0.435 e. The van der Waals surface area contributed by atoms with E-state index in [1.165, 1.54) is 18.2 Å². The van der Waals surface area contributed by atoms with Crippen LogP contribution in [0, 0.1) is 11.8 Å². The number of methoxy groups -OCH3 is 1. The fraction of sp³-hybridized carbons (Fsp3) is 0.389. The lowest BCUT2D eigenvalue weighted by Gasteiger charge is -2.17. The number of nitrogens with zero attached hydrogens (tertiary/aromatic N) is 3. The van der Waals surface area contributed by atoms with Crippen molar-refractivity contribution in [2.24, 2.45) is 11.8 Å². The van der Waals surface area contributed by atoms with Gasteiger partial charge in [-0.2, -0.15) is 18.3 Å². The Morgan fingerprint density at radius 1 is 1.18 bits per heavy atom. The number of anilines is 1. The first-order valence-electron chi connectivity index (χ1n) is 8.56. The monoisotopic (exact) mass is 396 g/mol. The first-order valence-corrected chi connectivity index (χ1v) is 8.56. The number of alkyl halides is 3. The second-order valence-electron chi connectivity index (χ2n) is 6.63. The van der Waals surface area contributed by atoms with E-state index in [0.29, 0.717) is 17.9 Å². The molecule has 10 heteroatoms. The number of esters is 1. The zero-order chi connectivity index (χ0) is 20.5. The first kappa shape index (κ1) is 19.7. The molecular weight excluding hydrogens is 377 g/mol. The number of hydrogen-bond donors (Lipinski definition) is 1. The van der Waals surface area contributed by atoms with Crippen LogP contribution in [0.2, 0.25) is 0 Å². The van der Waals surface area contributed by atoms with Gasteiger partial charge in [0.25, 0.3) is 0 Å². The molecule has 1 aliphatic heterocycles. The van der Waals surface area contributed by atoms with Crippen LogP contribution >= 0.6 is 0 Å². The lowest BCUT2D eigenvalue weighted by atomic mass is 9.99. The Morgan fingerprint density at radius 2 is 1.86 bits per heavy atom. The van der Waals surface area contributed by atoms with E-state index in [0.717, 1.165) is 10.7 Å². The molecule has 0 unspecified atom stereocenters. The Labute approximate surface area is 159 Å². The minimum absolute atomic E-state index is 0.0109. The van der Waals surface area contributed by atoms with E-state index in [-0.39, 0.29) is 30.4 Å². The van der Waals surface area contributed by atoms with E-state index in [9.17, 15) is 22.8 Å². The molecule has 1 aromatic carbocycles. The van der Waals surface area contributed by atoms with Crippen LogP contribution in [0.3, 0.4) is 0 Å². The summed E-state index contributed by atoms with van der Waals surface area (Å²) in [5, 5.41) is 6.21. The molecule has 1 aromatic heterocycles. The van der Waals surface area contributed by atoms with Crippen LogP contribution in [0.25, 0.3) is 5.69 Å². The summed E-state index contributed by atoms with van der Waals surface area (Å²) < 4.78 is 43.8. The van der Waals surface area contributed by atoms with Gasteiger partial charge in [-0.3, -0.25) is 4.79 Å². The van der Waals surface area contributed by atoms with E-state index in [2.05, 4.69) is 10.4 Å². The molecule has 7 nitrogen and oxygen atoms in total. The molecular formula is C18H19F3N4O3. The summed E-state index contributed by atoms with van der Waals surface area (Å²) in [4.78, 5) is 25.7. The third-order valence-corrected chi connectivity index (χ3v) is 4.67. The molecule has 3 rings (SSSR count). The van der Waals surface area contributed by atoms with Gasteiger partial charge in [0.15, 0.2) is 5.69 Å². The van der Waals surface area contributed by atoms with Gasteiger partial charge in [0, 0.05) is 25.0 Å². The molecule has 0 aliphatic carbocycles. The molecule has 0 bridgehead atoms. The van der Waals surface area contributed by atoms with Crippen molar-refractivity contribution in [2.45, 2.75) is 13.1 Å². The predicted molar refractivity (Wildman–Crippen MR) is 93.8 cm³/mol. The highest BCUT2D eigenvalue weighted by atomic mass is 19.4. The third-order valence-electron chi connectivity index (χ3n) is 4.67. The van der Waals surface area contributed by atoms with Gasteiger partial charge in [0.2, 0.25) is 0 Å². The van der Waals surface area contributed by atoms with E-state index in [1.807, 2.05) is 6.92 Å². The van der Waals surface area contributed by atoms with Crippen LogP contribution in [0.1, 0.15) is 12.6 Å². The number of carbonyl (C=O) groups excluding carboxylic acids is 2. The molecule has 1 saturated heterocycles. The highest BCUT2D eigenvalue weighted by Crippen LogP contribution is 2.28. The molecule has 2 atom stereocenters. The molecule has 0 spiro atoms. The Kier molecular flexibility index (Phi) is 5.30. The van der Waals surface area contributed by atoms with E-state index in [1.54, 1.807) is 24.3 Å². The number of aromatic nitrogens is 2. The van der Waals surface area contributed by atoms with Crippen molar-refractivity contribution in [3.05, 3.63) is 42.2 Å². The van der Waals surface area contributed by atoms with Gasteiger partial charge in [-0.1, -0.05) is 6.92 Å². The average molecular weight is 396 g/mol. The number of hydrogen-bond acceptors (Lipinski definition) is 4. The fourth-order valence-corrected chi connectivity index (χ4v) is 3.11. The highest BCUT2D eigenvalue weighted by Gasteiger charge is 2.37. The largest absolute Gasteiger partial charge is 0.469 e. The number of likely N-dealkylation sites (tertiary alicyclic amines) is 1. The Bertz CT molecular complexity index is 864. The summed E-state index contributed by atoms with van der Waals surface area (Å²) >= 11 is 0. The van der Waals surface area contributed by atoms with Crippen LogP contribution in [-0.2, 0) is 15.7 Å². The molecule has 2 amide bonds. The summed E-state index contributed by atoms with van der Waals surface area (Å²) in [5.41, 5.74) is -0.0756. The Balaban J connectivity index is 1.64. The van der Waals surface area contributed by atoms with Crippen molar-refractivity contribution < 1.29 is 27.5 Å². The summed E-state index contributed by atoms with van der Waals surface area (Å²) in [6, 6.07) is 6.77. The molecule has 2 aromatic rings. The van der Waals surface area contributed by atoms with Crippen molar-refractivity contribution in [2.75, 3.05) is 25.5 Å². The maximum Gasteiger partial charge on any atom is 0.435 e. The standard InChI is InChI=1S/C18H19F3N4O3/c1-11-9-24(10-14(11)16(26)28-2)17(27)22-12-3-5-13(6-4-12)25-8-7-15(23-25)18(19,20)21/h3-8,11,14H,9-10H2,1-2H3,(H,22,27)/t11-,14-/m1/s1. The molecule has 28 heavy (non-hydrogen) atoms. The van der Waals surface area contributed by atoms with E-state index in [4.69, 9.17) is 4.74 Å². The topological polar surface area (TPSA) is 76.5 Å². The number of halogens is 3. The number of nitrogens with one attached hydrogen (secondary N) is 1. The molecule has 0 saturated carbocycles. The van der Waals surface area contributed by atoms with Crippen LogP contribution in [0.15, 0.2) is 36.5 Å². The number of benzene rings is 1. The van der Waals surface area contributed by atoms with Gasteiger partial charge in [-0.05, 0) is 36.2 Å². The van der Waals surface area contributed by atoms with Crippen LogP contribution in [0.4, 0.5) is 23.7 Å². The summed E-state index contributed by atoms with van der Waals surface area (Å²) in [6.07, 6.45) is -3.29. The number of urea groups is 1. The minimum Gasteiger partial charge on any atom is -0.469 e. The SMILES string of the molecule is COC(=O)[C@@H]1CN(C(=O)Nc2ccc(-n3ccc(C(F)(F)F)n3)cc2)C[C@H]1C. The zero-order valence-corrected chi connectivity index (χ0v) is 15.2. The lowest BCUT2D eigenvalue weighted by molar-refractivity contribution is -0.146. The fourth-order valence-electron chi connectivity index (χ4n) is 3.11. The molecule has 150 valence electrons. The maximum absolute atomic E-state index is 12.6. The van der Waals surface area contributed by atoms with Gasteiger partial charge in [0.05, 0.1) is 18.7 Å². The molecule has 1 fully saturated rings. The molecule has 2 heterocycles. The van der Waals surface area contributed by atoms with Crippen molar-refractivity contribution in [3.63, 3.8) is 0 Å². The van der Waals surface area contributed by atoms with Crippen LogP contribution in [0.5, 0.6) is 0 Å². The summed E-state index contributed by atoms with van der Waals surface area (Å²) in [6.45, 7) is 2.57. The van der Waals surface area contributed by atoms with E-state index >= 15 is 0 Å². The Hall–Kier alpha value is -3.04. The predicted octanol–water partition coefficient (Wildman–Crippen LogP) is 3.16. The normalized spacial score (nSPS) is 19.5. The molecule has 1 aliphatic rings. The van der Waals surface area contributed by atoms with Crippen molar-refractivity contribution in [3.8, 4) is 5.69 Å². The van der Waals surface area contributed by atoms with E-state index < -0.39 is 11.9 Å². The number of rotatable bonds is 3. The van der Waals surface area contributed by atoms with Crippen LogP contribution in [-0.4, -0.2) is 46.9 Å². The second kappa shape index (κ2) is 7.53. The lowest BCUT2D eigenvalue weighted by Crippen LogP contribution is -2.34. The number of amides is 2. The average Bonchev–Trinajstić information content (AvgIpc) is 3.28. The van der Waals surface area contributed by atoms with Gasteiger partial charge in [-0.25, -0.2) is 9.48 Å². The molecule has 1 N–H and O–H groups in total. The zero-order valence-electron chi connectivity index (χ0n) is 15.2. The maximum atomic E-state index is 12.6. The van der Waals surface area contributed by atoms with Gasteiger partial charge < -0.3 is 15.0 Å². The molecule has 0 radical (unpaired) electrons. The Morgan fingerprint density at radius 3 is 2.43 bits per heavy atom. The summed E-state index contributed by atoms with van der Waals surface area (Å²) in [5.74, 6) is -0.714. The van der Waals surface area contributed by atoms with Gasteiger partial charge in [-0.15, -0.1) is 0 Å². The van der Waals surface area contributed by atoms with Crippen molar-refractivity contribution in [1.29, 1.82) is 0 Å². The quantitative estimate of drug-likeness (QED) is 0.809. The van der Waals surface area contributed by atoms with Gasteiger partial charge in [0.1, 0.15) is 0 Å². The van der Waals surface area contributed by atoms with Crippen molar-refractivity contribution >= 4 is 17.7 Å². The van der Waals surface area contributed by atoms with Crippen molar-refractivity contribution in [1.82, 2.24) is 14.7 Å². The number of ether oxygens (including phenoxy) is 1. The minimum atomic E-state index is -4.51. The van der Waals surface area contributed by atoms with Gasteiger partial charge >= 0.3 is 18.2 Å². The highest BCUT2D eigenvalue weighted by molar-refractivity contribution is 5.90. The summed E-state index contributed by atoms with van der Waals surface area (Å²) in [7, 11) is 1.32. The van der Waals surface area contributed by atoms with Crippen LogP contribution < -0.4 is 5.32 Å². The first-order chi connectivity index (χ1) is 13.2. The second-order valence-corrected chi connectivity index (χ2v) is 6.63.